The maximum Gasteiger partial charge on any atom is 0.161 e. The lowest BCUT2D eigenvalue weighted by molar-refractivity contribution is 0.655. The van der Waals surface area contributed by atoms with Crippen molar-refractivity contribution in [3.63, 3.8) is 0 Å². The molecule has 0 N–H and O–H groups in total. The molecule has 1 aliphatic carbocycles. The lowest BCUT2D eigenvalue weighted by Crippen LogP contribution is -2.18. The first-order chi connectivity index (χ1) is 20.1. The zero-order valence-electron chi connectivity index (χ0n) is 23.0. The smallest absolute Gasteiger partial charge is 0.161 e. The van der Waals surface area contributed by atoms with Crippen LogP contribution in [0.15, 0.2) is 128 Å². The van der Waals surface area contributed by atoms with Gasteiger partial charge in [0.1, 0.15) is 0 Å². The van der Waals surface area contributed by atoms with E-state index in [0.29, 0.717) is 0 Å². The summed E-state index contributed by atoms with van der Waals surface area (Å²) in [4.78, 5) is 15.8. The largest absolute Gasteiger partial charge is 0.256 e. The molecule has 0 atom stereocenters. The van der Waals surface area contributed by atoms with Crippen LogP contribution in [0.2, 0.25) is 0 Å². The van der Waals surface area contributed by atoms with Gasteiger partial charge in [-0.05, 0) is 39.2 Å². The summed E-state index contributed by atoms with van der Waals surface area (Å²) in [7, 11) is 0. The molecule has 2 aromatic heterocycles. The molecular weight excluding hydrogens is 498 g/mol. The van der Waals surface area contributed by atoms with E-state index < -0.39 is 0 Å². The van der Waals surface area contributed by atoms with Gasteiger partial charge >= 0.3 is 0 Å². The van der Waals surface area contributed by atoms with Gasteiger partial charge in [0.25, 0.3) is 0 Å². The number of benzene rings is 5. The van der Waals surface area contributed by atoms with Crippen LogP contribution in [0.3, 0.4) is 0 Å². The zero-order chi connectivity index (χ0) is 27.6. The molecule has 41 heavy (non-hydrogen) atoms. The van der Waals surface area contributed by atoms with Gasteiger partial charge in [-0.3, -0.25) is 4.98 Å². The van der Waals surface area contributed by atoms with E-state index in [4.69, 9.17) is 15.0 Å². The van der Waals surface area contributed by atoms with Crippen molar-refractivity contribution in [1.29, 1.82) is 0 Å². The molecule has 0 fully saturated rings. The maximum absolute atomic E-state index is 5.44. The second-order valence-electron chi connectivity index (χ2n) is 11.3. The highest BCUT2D eigenvalue weighted by atomic mass is 14.9. The molecular formula is C38H27N3. The third-order valence-electron chi connectivity index (χ3n) is 8.48. The van der Waals surface area contributed by atoms with Crippen LogP contribution in [-0.2, 0) is 5.41 Å². The summed E-state index contributed by atoms with van der Waals surface area (Å²) in [6.07, 6.45) is 2.04. The van der Waals surface area contributed by atoms with E-state index in [2.05, 4.69) is 129 Å². The summed E-state index contributed by atoms with van der Waals surface area (Å²) in [5.74, 6) is 0.748. The van der Waals surface area contributed by atoms with E-state index in [1.807, 2.05) is 12.3 Å². The Kier molecular flexibility index (Phi) is 5.17. The molecule has 2 heterocycles. The fourth-order valence-electron chi connectivity index (χ4n) is 6.47. The molecule has 0 spiro atoms. The van der Waals surface area contributed by atoms with Gasteiger partial charge in [0, 0.05) is 39.4 Å². The Hall–Kier alpha value is -5.15. The van der Waals surface area contributed by atoms with Crippen LogP contribution < -0.4 is 0 Å². The Morgan fingerprint density at radius 2 is 1.12 bits per heavy atom. The molecule has 194 valence electrons. The van der Waals surface area contributed by atoms with Crippen LogP contribution in [0.25, 0.3) is 66.7 Å². The van der Waals surface area contributed by atoms with Gasteiger partial charge in [-0.15, -0.1) is 0 Å². The van der Waals surface area contributed by atoms with Crippen molar-refractivity contribution in [2.24, 2.45) is 0 Å². The van der Waals surface area contributed by atoms with Crippen molar-refractivity contribution in [1.82, 2.24) is 15.0 Å². The number of pyridine rings is 1. The van der Waals surface area contributed by atoms with Crippen molar-refractivity contribution < 1.29 is 0 Å². The number of hydrogen-bond donors (Lipinski definition) is 0. The second kappa shape index (κ2) is 8.94. The quantitative estimate of drug-likeness (QED) is 0.216. The molecule has 1 aliphatic rings. The molecule has 0 aliphatic heterocycles. The third kappa shape index (κ3) is 3.63. The first-order valence-corrected chi connectivity index (χ1v) is 14.0. The summed E-state index contributed by atoms with van der Waals surface area (Å²) in [5.41, 5.74) is 9.33. The lowest BCUT2D eigenvalue weighted by Gasteiger charge is -2.24. The van der Waals surface area contributed by atoms with E-state index >= 15 is 0 Å². The summed E-state index contributed by atoms with van der Waals surface area (Å²) in [6, 6.07) is 42.5. The lowest BCUT2D eigenvalue weighted by atomic mass is 9.81. The predicted octanol–water partition coefficient (Wildman–Crippen LogP) is 9.49. The minimum Gasteiger partial charge on any atom is -0.256 e. The van der Waals surface area contributed by atoms with Gasteiger partial charge < -0.3 is 0 Å². The fraction of sp³-hybridized carbons (Fsp3) is 0.0789. The molecule has 0 amide bonds. The van der Waals surface area contributed by atoms with Gasteiger partial charge in [0.15, 0.2) is 5.82 Å². The monoisotopic (exact) mass is 525 g/mol. The van der Waals surface area contributed by atoms with Crippen molar-refractivity contribution in [2.75, 3.05) is 0 Å². The molecule has 3 heteroatoms. The minimum absolute atomic E-state index is 0.308. The fourth-order valence-corrected chi connectivity index (χ4v) is 6.47. The first kappa shape index (κ1) is 23.7. The highest BCUT2D eigenvalue weighted by Crippen LogP contribution is 2.52. The Balaban J connectivity index is 1.49. The van der Waals surface area contributed by atoms with Crippen molar-refractivity contribution in [3.8, 4) is 45.2 Å². The molecule has 0 saturated carbocycles. The normalized spacial score (nSPS) is 13.3. The van der Waals surface area contributed by atoms with Gasteiger partial charge in [-0.25, -0.2) is 9.97 Å². The number of rotatable bonds is 3. The van der Waals surface area contributed by atoms with Gasteiger partial charge in [0.2, 0.25) is 0 Å². The van der Waals surface area contributed by atoms with Crippen LogP contribution in [0.4, 0.5) is 0 Å². The van der Waals surface area contributed by atoms with Gasteiger partial charge in [0.05, 0.1) is 17.1 Å². The van der Waals surface area contributed by atoms with E-state index in [1.54, 1.807) is 0 Å². The Morgan fingerprint density at radius 1 is 0.561 bits per heavy atom. The SMILES string of the molecule is CC1(C)c2cnc(-c3ccccc3)cc2-c2nc(-c3c4ccccc4cc4ccccc34)nc(-c3ccccc3)c21. The van der Waals surface area contributed by atoms with Crippen molar-refractivity contribution in [3.05, 3.63) is 139 Å². The third-order valence-corrected chi connectivity index (χ3v) is 8.48. The van der Waals surface area contributed by atoms with E-state index in [0.717, 1.165) is 61.5 Å². The summed E-state index contributed by atoms with van der Waals surface area (Å²) >= 11 is 0. The second-order valence-corrected chi connectivity index (χ2v) is 11.3. The average Bonchev–Trinajstić information content (AvgIpc) is 3.26. The topological polar surface area (TPSA) is 38.7 Å². The number of nitrogens with zero attached hydrogens (tertiary/aromatic N) is 3. The molecule has 3 nitrogen and oxygen atoms in total. The van der Waals surface area contributed by atoms with Crippen LogP contribution in [-0.4, -0.2) is 15.0 Å². The first-order valence-electron chi connectivity index (χ1n) is 14.0. The standard InChI is InChI=1S/C38H27N3/c1-38(2)31-23-39-32(24-13-5-3-6-14-24)22-30(31)36-34(38)35(25-15-7-4-8-16-25)40-37(41-36)33-28-19-11-9-17-26(28)21-27-18-10-12-20-29(27)33/h3-23H,1-2H3. The molecule has 0 radical (unpaired) electrons. The van der Waals surface area contributed by atoms with E-state index in [1.165, 1.54) is 16.3 Å². The molecule has 0 saturated heterocycles. The van der Waals surface area contributed by atoms with E-state index in [9.17, 15) is 0 Å². The van der Waals surface area contributed by atoms with Crippen LogP contribution in [0.5, 0.6) is 0 Å². The molecule has 0 bridgehead atoms. The van der Waals surface area contributed by atoms with Crippen molar-refractivity contribution >= 4 is 21.5 Å². The maximum atomic E-state index is 5.44. The Labute approximate surface area is 239 Å². The van der Waals surface area contributed by atoms with Crippen LogP contribution in [0, 0.1) is 0 Å². The number of fused-ring (bicyclic) bond motifs is 5. The van der Waals surface area contributed by atoms with Gasteiger partial charge in [-0.1, -0.05) is 123 Å². The predicted molar refractivity (Wildman–Crippen MR) is 169 cm³/mol. The average molecular weight is 526 g/mol. The molecule has 7 aromatic rings. The zero-order valence-corrected chi connectivity index (χ0v) is 23.0. The highest BCUT2D eigenvalue weighted by molar-refractivity contribution is 6.12. The van der Waals surface area contributed by atoms with Crippen LogP contribution in [0.1, 0.15) is 25.0 Å². The molecule has 5 aromatic carbocycles. The Bertz CT molecular complexity index is 2060. The van der Waals surface area contributed by atoms with Gasteiger partial charge in [-0.2, -0.15) is 0 Å². The summed E-state index contributed by atoms with van der Waals surface area (Å²) in [6.45, 7) is 4.54. The molecule has 8 rings (SSSR count). The summed E-state index contributed by atoms with van der Waals surface area (Å²) in [5, 5.41) is 4.68. The highest BCUT2D eigenvalue weighted by Gasteiger charge is 2.41. The van der Waals surface area contributed by atoms with E-state index in [-0.39, 0.29) is 5.41 Å². The van der Waals surface area contributed by atoms with Crippen LogP contribution >= 0.6 is 0 Å². The minimum atomic E-state index is -0.308. The number of aromatic nitrogens is 3. The molecule has 0 unspecified atom stereocenters. The number of hydrogen-bond acceptors (Lipinski definition) is 3. The van der Waals surface area contributed by atoms with Crippen molar-refractivity contribution in [2.45, 2.75) is 19.3 Å². The Morgan fingerprint density at radius 3 is 1.78 bits per heavy atom. The summed E-state index contributed by atoms with van der Waals surface area (Å²) < 4.78 is 0.